The van der Waals surface area contributed by atoms with Gasteiger partial charge in [0.1, 0.15) is 11.3 Å². The average molecular weight is 329 g/mol. The van der Waals surface area contributed by atoms with Crippen molar-refractivity contribution in [1.82, 2.24) is 0 Å². The Morgan fingerprint density at radius 2 is 2.06 bits per heavy atom. The molecule has 16 heavy (non-hydrogen) atoms. The Hall–Kier alpha value is -1.04. The lowest BCUT2D eigenvalue weighted by atomic mass is 10.1. The summed E-state index contributed by atoms with van der Waals surface area (Å²) in [6, 6.07) is 7.17. The van der Waals surface area contributed by atoms with Crippen LogP contribution in [0.3, 0.4) is 0 Å². The van der Waals surface area contributed by atoms with E-state index in [0.717, 1.165) is 16.7 Å². The van der Waals surface area contributed by atoms with Crippen molar-refractivity contribution in [2.75, 3.05) is 0 Å². The topological polar surface area (TPSA) is 56.2 Å². The lowest BCUT2D eigenvalue weighted by Crippen LogP contribution is -2.10. The van der Waals surface area contributed by atoms with Crippen LogP contribution in [-0.4, -0.2) is 5.91 Å². The summed E-state index contributed by atoms with van der Waals surface area (Å²) in [5.74, 6) is 0.475. The standard InChI is InChI=1S/C12H12INO2/c1-12(2,13)10-6-8-5-7(11(14)15)3-4-9(8)16-10/h3-6H,1-2H3,(H2,14,15). The molecule has 0 saturated heterocycles. The normalized spacial score (nSPS) is 11.9. The molecule has 1 heterocycles. The van der Waals surface area contributed by atoms with Crippen molar-refractivity contribution in [2.24, 2.45) is 5.73 Å². The third-order valence-corrected chi connectivity index (χ3v) is 2.92. The van der Waals surface area contributed by atoms with Crippen molar-refractivity contribution in [3.63, 3.8) is 0 Å². The van der Waals surface area contributed by atoms with Crippen molar-refractivity contribution in [1.29, 1.82) is 0 Å². The van der Waals surface area contributed by atoms with E-state index < -0.39 is 5.91 Å². The zero-order valence-corrected chi connectivity index (χ0v) is 11.2. The minimum atomic E-state index is -0.418. The summed E-state index contributed by atoms with van der Waals surface area (Å²) in [4.78, 5) is 11.0. The van der Waals surface area contributed by atoms with Crippen LogP contribution in [0.25, 0.3) is 11.0 Å². The summed E-state index contributed by atoms with van der Waals surface area (Å²) in [7, 11) is 0. The Bertz CT molecular complexity index is 552. The number of rotatable bonds is 2. The second-order valence-electron chi connectivity index (χ2n) is 4.20. The summed E-state index contributed by atoms with van der Waals surface area (Å²) in [6.45, 7) is 4.14. The van der Waals surface area contributed by atoms with Crippen molar-refractivity contribution in [2.45, 2.75) is 17.3 Å². The number of hydrogen-bond donors (Lipinski definition) is 1. The number of halogens is 1. The van der Waals surface area contributed by atoms with Gasteiger partial charge in [0.25, 0.3) is 0 Å². The van der Waals surface area contributed by atoms with Crippen LogP contribution < -0.4 is 5.73 Å². The van der Waals surface area contributed by atoms with Gasteiger partial charge in [-0.1, -0.05) is 22.6 Å². The molecule has 0 aliphatic carbocycles. The number of furan rings is 1. The van der Waals surface area contributed by atoms with Gasteiger partial charge >= 0.3 is 0 Å². The highest BCUT2D eigenvalue weighted by molar-refractivity contribution is 14.1. The quantitative estimate of drug-likeness (QED) is 0.679. The predicted octanol–water partition coefficient (Wildman–Crippen LogP) is 3.20. The van der Waals surface area contributed by atoms with Crippen molar-refractivity contribution < 1.29 is 9.21 Å². The van der Waals surface area contributed by atoms with Crippen LogP contribution in [0.15, 0.2) is 28.7 Å². The summed E-state index contributed by atoms with van der Waals surface area (Å²) in [6.07, 6.45) is 0. The molecule has 0 atom stereocenters. The first-order chi connectivity index (χ1) is 7.38. The van der Waals surface area contributed by atoms with E-state index in [0.29, 0.717) is 5.56 Å². The SMILES string of the molecule is CC(C)(I)c1cc2cc(C(N)=O)ccc2o1. The molecule has 0 aliphatic rings. The number of hydrogen-bond acceptors (Lipinski definition) is 2. The highest BCUT2D eigenvalue weighted by atomic mass is 127. The summed E-state index contributed by atoms with van der Waals surface area (Å²) in [5.41, 5.74) is 6.51. The minimum Gasteiger partial charge on any atom is -0.460 e. The fraction of sp³-hybridized carbons (Fsp3) is 0.250. The van der Waals surface area contributed by atoms with E-state index in [1.807, 2.05) is 6.07 Å². The molecular formula is C12H12INO2. The molecule has 0 spiro atoms. The Balaban J connectivity index is 2.59. The van der Waals surface area contributed by atoms with Gasteiger partial charge < -0.3 is 10.2 Å². The number of carbonyl (C=O) groups excluding carboxylic acids is 1. The lowest BCUT2D eigenvalue weighted by molar-refractivity contribution is 0.100. The molecule has 1 aromatic heterocycles. The molecule has 0 aliphatic heterocycles. The molecule has 0 bridgehead atoms. The average Bonchev–Trinajstić information content (AvgIpc) is 2.58. The van der Waals surface area contributed by atoms with E-state index in [1.54, 1.807) is 18.2 Å². The van der Waals surface area contributed by atoms with E-state index in [-0.39, 0.29) is 3.42 Å². The van der Waals surface area contributed by atoms with Crippen molar-refractivity contribution >= 4 is 39.5 Å². The summed E-state index contributed by atoms with van der Waals surface area (Å²) >= 11 is 2.31. The van der Waals surface area contributed by atoms with Crippen molar-refractivity contribution in [3.05, 3.63) is 35.6 Å². The molecule has 3 nitrogen and oxygen atoms in total. The third kappa shape index (κ3) is 2.07. The third-order valence-electron chi connectivity index (χ3n) is 2.39. The maximum atomic E-state index is 11.0. The second-order valence-corrected chi connectivity index (χ2v) is 6.90. The largest absolute Gasteiger partial charge is 0.460 e. The molecule has 0 unspecified atom stereocenters. The Morgan fingerprint density at radius 3 is 2.62 bits per heavy atom. The Kier molecular flexibility index (Phi) is 2.69. The van der Waals surface area contributed by atoms with Crippen LogP contribution in [0.5, 0.6) is 0 Å². The number of carbonyl (C=O) groups is 1. The van der Waals surface area contributed by atoms with Gasteiger partial charge in [0, 0.05) is 10.9 Å². The number of nitrogens with two attached hydrogens (primary N) is 1. The van der Waals surface area contributed by atoms with Gasteiger partial charge in [-0.3, -0.25) is 4.79 Å². The van der Waals surface area contributed by atoms with Gasteiger partial charge in [-0.25, -0.2) is 0 Å². The molecule has 2 rings (SSSR count). The zero-order chi connectivity index (χ0) is 11.9. The molecule has 2 N–H and O–H groups in total. The summed E-state index contributed by atoms with van der Waals surface area (Å²) < 4.78 is 5.64. The Morgan fingerprint density at radius 1 is 1.38 bits per heavy atom. The maximum absolute atomic E-state index is 11.0. The maximum Gasteiger partial charge on any atom is 0.248 e. The molecule has 1 aromatic carbocycles. The number of alkyl halides is 1. The van der Waals surface area contributed by atoms with E-state index in [4.69, 9.17) is 10.2 Å². The molecule has 84 valence electrons. The van der Waals surface area contributed by atoms with Gasteiger partial charge in [-0.05, 0) is 38.1 Å². The predicted molar refractivity (Wildman–Crippen MR) is 71.8 cm³/mol. The molecule has 0 radical (unpaired) electrons. The van der Waals surface area contributed by atoms with Gasteiger partial charge in [0.2, 0.25) is 5.91 Å². The number of fused-ring (bicyclic) bond motifs is 1. The Labute approximate surface area is 107 Å². The van der Waals surface area contributed by atoms with Crippen LogP contribution in [0.1, 0.15) is 30.0 Å². The fourth-order valence-corrected chi connectivity index (χ4v) is 1.76. The number of primary amides is 1. The highest BCUT2D eigenvalue weighted by Crippen LogP contribution is 2.34. The van der Waals surface area contributed by atoms with Crippen LogP contribution in [-0.2, 0) is 3.42 Å². The van der Waals surface area contributed by atoms with E-state index in [1.165, 1.54) is 0 Å². The van der Waals surface area contributed by atoms with Crippen LogP contribution in [0, 0.1) is 0 Å². The van der Waals surface area contributed by atoms with E-state index >= 15 is 0 Å². The first-order valence-electron chi connectivity index (χ1n) is 4.91. The van der Waals surface area contributed by atoms with Crippen LogP contribution in [0.2, 0.25) is 0 Å². The molecule has 4 heteroatoms. The summed E-state index contributed by atoms with van der Waals surface area (Å²) in [5, 5.41) is 0.913. The van der Waals surface area contributed by atoms with Crippen LogP contribution >= 0.6 is 22.6 Å². The molecule has 2 aromatic rings. The number of amides is 1. The van der Waals surface area contributed by atoms with Crippen LogP contribution in [0.4, 0.5) is 0 Å². The van der Waals surface area contributed by atoms with Gasteiger partial charge in [-0.15, -0.1) is 0 Å². The molecule has 1 amide bonds. The fourth-order valence-electron chi connectivity index (χ4n) is 1.49. The lowest BCUT2D eigenvalue weighted by Gasteiger charge is -2.11. The van der Waals surface area contributed by atoms with Gasteiger partial charge in [0.15, 0.2) is 0 Å². The van der Waals surface area contributed by atoms with Gasteiger partial charge in [0.05, 0.1) is 3.42 Å². The molecular weight excluding hydrogens is 317 g/mol. The molecule has 0 saturated carbocycles. The highest BCUT2D eigenvalue weighted by Gasteiger charge is 2.21. The van der Waals surface area contributed by atoms with Crippen molar-refractivity contribution in [3.8, 4) is 0 Å². The van der Waals surface area contributed by atoms with E-state index in [2.05, 4.69) is 36.4 Å². The smallest absolute Gasteiger partial charge is 0.248 e. The van der Waals surface area contributed by atoms with Gasteiger partial charge in [-0.2, -0.15) is 0 Å². The number of benzene rings is 1. The van der Waals surface area contributed by atoms with E-state index in [9.17, 15) is 4.79 Å². The first-order valence-corrected chi connectivity index (χ1v) is 5.98. The second kappa shape index (κ2) is 3.76. The minimum absolute atomic E-state index is 0.0658. The molecule has 0 fully saturated rings. The zero-order valence-electron chi connectivity index (χ0n) is 9.08. The monoisotopic (exact) mass is 329 g/mol. The first kappa shape index (κ1) is 11.4.